The average molecular weight is 621 g/mol. The first-order valence-corrected chi connectivity index (χ1v) is 17.7. The minimum absolute atomic E-state index is 0. The number of benzene rings is 1. The van der Waals surface area contributed by atoms with Crippen molar-refractivity contribution in [2.75, 3.05) is 0 Å². The van der Waals surface area contributed by atoms with Crippen LogP contribution in [-0.4, -0.2) is 0 Å². The SMILES string of the molecule is C.C=CC(=C)C(=C(C)C)c1cccc(C)c1C.C=CC1=C(/C=C\C)C(C)C(CCC)(CCCC(=C)C)C1.CC.CC.CC.CC. The Balaban J connectivity index is -0.000000193. The number of aryl methyl sites for hydroxylation is 1. The zero-order valence-electron chi connectivity index (χ0n) is 32.7. The summed E-state index contributed by atoms with van der Waals surface area (Å²) in [5, 5.41) is 0. The minimum atomic E-state index is 0. The van der Waals surface area contributed by atoms with E-state index < -0.39 is 0 Å². The first-order chi connectivity index (χ1) is 21.0. The zero-order valence-corrected chi connectivity index (χ0v) is 32.7. The molecule has 0 saturated carbocycles. The van der Waals surface area contributed by atoms with Crippen molar-refractivity contribution in [3.63, 3.8) is 0 Å². The highest BCUT2D eigenvalue weighted by Crippen LogP contribution is 2.53. The van der Waals surface area contributed by atoms with Crippen LogP contribution in [0.1, 0.15) is 160 Å². The summed E-state index contributed by atoms with van der Waals surface area (Å²) in [5.41, 5.74) is 12.1. The number of rotatable bonds is 11. The lowest BCUT2D eigenvalue weighted by Gasteiger charge is -2.35. The topological polar surface area (TPSA) is 0 Å². The van der Waals surface area contributed by atoms with Gasteiger partial charge in [0.2, 0.25) is 0 Å². The normalized spacial score (nSPS) is 15.8. The van der Waals surface area contributed by atoms with E-state index in [1.807, 2.05) is 61.5 Å². The Morgan fingerprint density at radius 1 is 0.911 bits per heavy atom. The van der Waals surface area contributed by atoms with E-state index in [0.717, 1.165) is 5.57 Å². The van der Waals surface area contributed by atoms with Crippen molar-refractivity contribution in [2.24, 2.45) is 11.3 Å². The van der Waals surface area contributed by atoms with E-state index in [1.54, 1.807) is 0 Å². The van der Waals surface area contributed by atoms with Gasteiger partial charge in [-0.05, 0) is 124 Å². The van der Waals surface area contributed by atoms with Gasteiger partial charge in [0.25, 0.3) is 0 Å². The van der Waals surface area contributed by atoms with Crippen LogP contribution >= 0.6 is 0 Å². The third-order valence-corrected chi connectivity index (χ3v) is 7.86. The molecule has 0 saturated heterocycles. The van der Waals surface area contributed by atoms with Crippen LogP contribution in [0, 0.1) is 25.2 Å². The zero-order chi connectivity index (χ0) is 35.5. The van der Waals surface area contributed by atoms with Crippen LogP contribution in [0.3, 0.4) is 0 Å². The maximum Gasteiger partial charge on any atom is -0.0128 e. The summed E-state index contributed by atoms with van der Waals surface area (Å²) in [7, 11) is 0. The molecule has 0 amide bonds. The summed E-state index contributed by atoms with van der Waals surface area (Å²) in [6.45, 7) is 49.5. The van der Waals surface area contributed by atoms with E-state index in [9.17, 15) is 0 Å². The molecular weight excluding hydrogens is 540 g/mol. The molecule has 0 heteroatoms. The van der Waals surface area contributed by atoms with Crippen LogP contribution in [0.25, 0.3) is 5.57 Å². The maximum atomic E-state index is 4.07. The smallest absolute Gasteiger partial charge is 0.0128 e. The lowest BCUT2D eigenvalue weighted by atomic mass is 9.69. The fourth-order valence-corrected chi connectivity index (χ4v) is 5.73. The highest BCUT2D eigenvalue weighted by atomic mass is 14.5. The van der Waals surface area contributed by atoms with Crippen molar-refractivity contribution < 1.29 is 0 Å². The molecule has 0 radical (unpaired) electrons. The standard InChI is InChI=1S/C20H32.C16H20.4C2H6.CH4/c1-7-11-19-17(6)20(13-8-2,15-18(19)9-3)14-10-12-16(4)5;1-7-12(4)16(11(2)3)15-10-8-9-13(5)14(15)6;4*1-2;/h7,9,11,17H,3-4,8,10,12-15H2,1-2,5-6H3;7-10H,1,4H2,2-3,5-6H3;4*1-2H3;1H4/b11-7-;;;;;;. The molecular formula is C45H80. The van der Waals surface area contributed by atoms with E-state index in [4.69, 9.17) is 0 Å². The molecule has 1 aliphatic rings. The fourth-order valence-electron chi connectivity index (χ4n) is 5.73. The molecule has 0 nitrogen and oxygen atoms in total. The van der Waals surface area contributed by atoms with E-state index in [-0.39, 0.29) is 7.43 Å². The Labute approximate surface area is 286 Å². The molecule has 1 aliphatic carbocycles. The Morgan fingerprint density at radius 2 is 1.44 bits per heavy atom. The van der Waals surface area contributed by atoms with Crippen molar-refractivity contribution in [2.45, 2.75) is 157 Å². The maximum absolute atomic E-state index is 4.07. The van der Waals surface area contributed by atoms with Crippen LogP contribution in [0.2, 0.25) is 0 Å². The van der Waals surface area contributed by atoms with Crippen LogP contribution < -0.4 is 0 Å². The predicted octanol–water partition coefficient (Wildman–Crippen LogP) is 16.2. The number of hydrogen-bond donors (Lipinski definition) is 0. The van der Waals surface area contributed by atoms with Gasteiger partial charge in [-0.3, -0.25) is 0 Å². The largest absolute Gasteiger partial charge is 0.100 e. The monoisotopic (exact) mass is 621 g/mol. The Morgan fingerprint density at radius 3 is 1.84 bits per heavy atom. The summed E-state index contributed by atoms with van der Waals surface area (Å²) in [4.78, 5) is 0. The molecule has 0 heterocycles. The highest BCUT2D eigenvalue weighted by Gasteiger charge is 2.42. The third-order valence-electron chi connectivity index (χ3n) is 7.86. The molecule has 0 N–H and O–H groups in total. The second-order valence-corrected chi connectivity index (χ2v) is 10.9. The third kappa shape index (κ3) is 17.6. The van der Waals surface area contributed by atoms with Crippen LogP contribution in [0.5, 0.6) is 0 Å². The van der Waals surface area contributed by atoms with E-state index in [1.165, 1.54) is 83.1 Å². The van der Waals surface area contributed by atoms with Gasteiger partial charge in [0, 0.05) is 0 Å². The lowest BCUT2D eigenvalue weighted by Crippen LogP contribution is -2.25. The molecule has 0 aliphatic heterocycles. The molecule has 260 valence electrons. The summed E-state index contributed by atoms with van der Waals surface area (Å²) in [6, 6.07) is 6.38. The number of allylic oxidation sites excluding steroid dienone is 10. The van der Waals surface area contributed by atoms with Crippen molar-refractivity contribution in [1.82, 2.24) is 0 Å². The average Bonchev–Trinajstić information content (AvgIpc) is 3.29. The molecule has 0 fully saturated rings. The lowest BCUT2D eigenvalue weighted by molar-refractivity contribution is 0.181. The molecule has 1 aromatic rings. The van der Waals surface area contributed by atoms with Gasteiger partial charge in [-0.25, -0.2) is 0 Å². The van der Waals surface area contributed by atoms with Gasteiger partial charge in [0.1, 0.15) is 0 Å². The summed E-state index contributed by atoms with van der Waals surface area (Å²) in [6.07, 6.45) is 15.9. The molecule has 45 heavy (non-hydrogen) atoms. The summed E-state index contributed by atoms with van der Waals surface area (Å²) < 4.78 is 0. The fraction of sp³-hybridized carbons (Fsp3) is 0.556. The first kappa shape index (κ1) is 52.0. The Kier molecular flexibility index (Phi) is 36.2. The van der Waals surface area contributed by atoms with Crippen molar-refractivity contribution in [3.05, 3.63) is 113 Å². The molecule has 2 rings (SSSR count). The van der Waals surface area contributed by atoms with Gasteiger partial charge in [-0.1, -0.05) is 156 Å². The summed E-state index contributed by atoms with van der Waals surface area (Å²) >= 11 is 0. The van der Waals surface area contributed by atoms with Gasteiger partial charge >= 0.3 is 0 Å². The van der Waals surface area contributed by atoms with Gasteiger partial charge < -0.3 is 0 Å². The molecule has 2 atom stereocenters. The van der Waals surface area contributed by atoms with Gasteiger partial charge in [-0.15, -0.1) is 6.58 Å². The Hall–Kier alpha value is -2.60. The molecule has 0 bridgehead atoms. The van der Waals surface area contributed by atoms with Crippen molar-refractivity contribution in [3.8, 4) is 0 Å². The van der Waals surface area contributed by atoms with Crippen LogP contribution in [0.4, 0.5) is 0 Å². The summed E-state index contributed by atoms with van der Waals surface area (Å²) in [5.74, 6) is 0.650. The van der Waals surface area contributed by atoms with E-state index in [2.05, 4.69) is 118 Å². The second kappa shape index (κ2) is 31.4. The molecule has 1 aromatic carbocycles. The van der Waals surface area contributed by atoms with E-state index >= 15 is 0 Å². The van der Waals surface area contributed by atoms with Crippen molar-refractivity contribution in [1.29, 1.82) is 0 Å². The predicted molar refractivity (Wildman–Crippen MR) is 217 cm³/mol. The number of hydrogen-bond acceptors (Lipinski definition) is 0. The van der Waals surface area contributed by atoms with Crippen molar-refractivity contribution >= 4 is 5.57 Å². The molecule has 2 unspecified atom stereocenters. The van der Waals surface area contributed by atoms with Gasteiger partial charge in [-0.2, -0.15) is 0 Å². The Bertz CT molecular complexity index is 1030. The van der Waals surface area contributed by atoms with Crippen LogP contribution in [0.15, 0.2) is 96.7 Å². The quantitative estimate of drug-likeness (QED) is 0.170. The second-order valence-electron chi connectivity index (χ2n) is 10.9. The van der Waals surface area contributed by atoms with Gasteiger partial charge in [0.15, 0.2) is 0 Å². The van der Waals surface area contributed by atoms with Crippen LogP contribution in [-0.2, 0) is 0 Å². The van der Waals surface area contributed by atoms with Gasteiger partial charge in [0.05, 0.1) is 0 Å². The first-order valence-electron chi connectivity index (χ1n) is 17.7. The van der Waals surface area contributed by atoms with E-state index in [0.29, 0.717) is 11.3 Å². The highest BCUT2D eigenvalue weighted by molar-refractivity contribution is 5.84. The molecule has 0 spiro atoms. The minimum Gasteiger partial charge on any atom is -0.100 e. The molecule has 0 aromatic heterocycles.